The highest BCUT2D eigenvalue weighted by Gasteiger charge is 2.20. The topological polar surface area (TPSA) is 119 Å². The number of amides is 1. The van der Waals surface area contributed by atoms with Gasteiger partial charge in [-0.1, -0.05) is 54.1 Å². The van der Waals surface area contributed by atoms with Crippen LogP contribution in [0.15, 0.2) is 83.7 Å². The lowest BCUT2D eigenvalue weighted by molar-refractivity contribution is -0.384. The van der Waals surface area contributed by atoms with Crippen LogP contribution in [0.2, 0.25) is 5.02 Å². The van der Waals surface area contributed by atoms with Crippen molar-refractivity contribution in [3.05, 3.63) is 121 Å². The van der Waals surface area contributed by atoms with E-state index >= 15 is 0 Å². The van der Waals surface area contributed by atoms with Crippen LogP contribution in [0.25, 0.3) is 5.69 Å². The number of para-hydroxylation sites is 2. The lowest BCUT2D eigenvalue weighted by Gasteiger charge is -2.13. The van der Waals surface area contributed by atoms with E-state index in [1.165, 1.54) is 28.9 Å². The lowest BCUT2D eigenvalue weighted by atomic mass is 10.2. The number of benzene rings is 3. The van der Waals surface area contributed by atoms with Gasteiger partial charge in [0.05, 0.1) is 15.6 Å². The van der Waals surface area contributed by atoms with Gasteiger partial charge in [0, 0.05) is 30.1 Å². The number of halogens is 1. The lowest BCUT2D eigenvalue weighted by Crippen LogP contribution is -2.27. The quantitative estimate of drug-likeness (QED) is 0.279. The molecule has 0 spiro atoms. The molecule has 0 aliphatic heterocycles. The molecule has 0 radical (unpaired) electrons. The smallest absolute Gasteiger partial charge is 0.294 e. The van der Waals surface area contributed by atoms with Gasteiger partial charge in [0.25, 0.3) is 11.6 Å². The molecule has 176 valence electrons. The van der Waals surface area contributed by atoms with Crippen LogP contribution >= 0.6 is 11.6 Å². The number of anilines is 2. The molecule has 0 bridgehead atoms. The van der Waals surface area contributed by atoms with Crippen LogP contribution in [0.1, 0.15) is 21.7 Å². The SMILES string of the molecule is Cc1cc(=O)c(C(=O)Nc2ccc(NCc3ccccc3)c(Cl)c2)nn1-c1ccccc1[N+](=O)[O-]. The maximum absolute atomic E-state index is 12.9. The maximum atomic E-state index is 12.9. The van der Waals surface area contributed by atoms with Crippen LogP contribution in [0.5, 0.6) is 0 Å². The van der Waals surface area contributed by atoms with Crippen molar-refractivity contribution in [3.8, 4) is 5.69 Å². The third kappa shape index (κ3) is 5.36. The Kier molecular flexibility index (Phi) is 6.88. The van der Waals surface area contributed by atoms with E-state index in [2.05, 4.69) is 15.7 Å². The molecular formula is C25H20ClN5O4. The Labute approximate surface area is 205 Å². The van der Waals surface area contributed by atoms with E-state index in [1.54, 1.807) is 31.2 Å². The number of nitrogens with zero attached hydrogens (tertiary/aromatic N) is 3. The number of nitro benzene ring substituents is 1. The van der Waals surface area contributed by atoms with Crippen LogP contribution < -0.4 is 16.1 Å². The van der Waals surface area contributed by atoms with Gasteiger partial charge in [-0.3, -0.25) is 19.7 Å². The average Bonchev–Trinajstić information content (AvgIpc) is 2.84. The number of hydrogen-bond donors (Lipinski definition) is 2. The molecule has 0 saturated carbocycles. The van der Waals surface area contributed by atoms with E-state index in [0.29, 0.717) is 28.6 Å². The molecule has 0 aliphatic carbocycles. The second-order valence-corrected chi connectivity index (χ2v) is 8.05. The number of aryl methyl sites for hydroxylation is 1. The standard InChI is InChI=1S/C25H20ClN5O4/c1-16-13-23(32)24(29-30(16)21-9-5-6-10-22(21)31(34)35)25(33)28-18-11-12-20(19(26)14-18)27-15-17-7-3-2-4-8-17/h2-14,27H,15H2,1H3,(H,28,33). The Morgan fingerprint density at radius 1 is 1.06 bits per heavy atom. The Morgan fingerprint density at radius 3 is 2.49 bits per heavy atom. The van der Waals surface area contributed by atoms with Crippen molar-refractivity contribution in [3.63, 3.8) is 0 Å². The Bertz CT molecular complexity index is 1470. The van der Waals surface area contributed by atoms with Crippen LogP contribution in [-0.2, 0) is 6.54 Å². The Morgan fingerprint density at radius 2 is 1.77 bits per heavy atom. The van der Waals surface area contributed by atoms with Crippen molar-refractivity contribution in [1.82, 2.24) is 9.78 Å². The van der Waals surface area contributed by atoms with Crippen molar-refractivity contribution in [2.24, 2.45) is 0 Å². The molecule has 1 aromatic heterocycles. The van der Waals surface area contributed by atoms with Gasteiger partial charge in [0.2, 0.25) is 5.43 Å². The van der Waals surface area contributed by atoms with Crippen LogP contribution in [0.3, 0.4) is 0 Å². The highest BCUT2D eigenvalue weighted by molar-refractivity contribution is 6.33. The Hall–Kier alpha value is -4.50. The summed E-state index contributed by atoms with van der Waals surface area (Å²) in [5.74, 6) is -0.761. The van der Waals surface area contributed by atoms with E-state index < -0.39 is 22.0 Å². The summed E-state index contributed by atoms with van der Waals surface area (Å²) in [7, 11) is 0. The second-order valence-electron chi connectivity index (χ2n) is 7.64. The molecule has 0 aliphatic rings. The number of aromatic nitrogens is 2. The summed E-state index contributed by atoms with van der Waals surface area (Å²) in [5, 5.41) is 21.8. The van der Waals surface area contributed by atoms with Gasteiger partial charge >= 0.3 is 0 Å². The summed E-state index contributed by atoms with van der Waals surface area (Å²) in [6.45, 7) is 2.15. The molecule has 0 saturated heterocycles. The molecule has 2 N–H and O–H groups in total. The van der Waals surface area contributed by atoms with Crippen LogP contribution in [-0.4, -0.2) is 20.6 Å². The molecule has 0 unspecified atom stereocenters. The van der Waals surface area contributed by atoms with Crippen LogP contribution in [0.4, 0.5) is 17.1 Å². The van der Waals surface area contributed by atoms with Crippen molar-refractivity contribution in [2.75, 3.05) is 10.6 Å². The third-order valence-corrected chi connectivity index (χ3v) is 5.49. The maximum Gasteiger partial charge on any atom is 0.294 e. The summed E-state index contributed by atoms with van der Waals surface area (Å²) < 4.78 is 1.21. The predicted octanol–water partition coefficient (Wildman–Crippen LogP) is 4.97. The molecule has 0 atom stereocenters. The minimum absolute atomic E-state index is 0.140. The van der Waals surface area contributed by atoms with E-state index in [4.69, 9.17) is 11.6 Å². The van der Waals surface area contributed by atoms with Crippen LogP contribution in [0, 0.1) is 17.0 Å². The molecular weight excluding hydrogens is 470 g/mol. The molecule has 4 aromatic rings. The van der Waals surface area contributed by atoms with Gasteiger partial charge in [-0.15, -0.1) is 0 Å². The Balaban J connectivity index is 1.56. The largest absolute Gasteiger partial charge is 0.380 e. The first kappa shape index (κ1) is 23.7. The summed E-state index contributed by atoms with van der Waals surface area (Å²) in [5.41, 5.74) is 1.40. The van der Waals surface area contributed by atoms with Gasteiger partial charge in [-0.25, -0.2) is 4.68 Å². The molecule has 10 heteroatoms. The fourth-order valence-electron chi connectivity index (χ4n) is 3.47. The zero-order valence-electron chi connectivity index (χ0n) is 18.6. The molecule has 3 aromatic carbocycles. The molecule has 1 heterocycles. The number of nitro groups is 1. The summed E-state index contributed by atoms with van der Waals surface area (Å²) in [4.78, 5) is 36.3. The number of carbonyl (C=O) groups is 1. The molecule has 0 fully saturated rings. The highest BCUT2D eigenvalue weighted by Crippen LogP contribution is 2.26. The van der Waals surface area contributed by atoms with Gasteiger partial charge in [0.15, 0.2) is 5.69 Å². The second kappa shape index (κ2) is 10.2. The molecule has 35 heavy (non-hydrogen) atoms. The number of carbonyl (C=O) groups excluding carboxylic acids is 1. The first-order valence-corrected chi connectivity index (χ1v) is 10.9. The van der Waals surface area contributed by atoms with Gasteiger partial charge < -0.3 is 10.6 Å². The van der Waals surface area contributed by atoms with Crippen molar-refractivity contribution in [1.29, 1.82) is 0 Å². The first-order chi connectivity index (χ1) is 16.8. The predicted molar refractivity (Wildman–Crippen MR) is 134 cm³/mol. The number of nitrogens with one attached hydrogen (secondary N) is 2. The van der Waals surface area contributed by atoms with Crippen molar-refractivity contribution >= 4 is 34.6 Å². The first-order valence-electron chi connectivity index (χ1n) is 10.6. The van der Waals surface area contributed by atoms with Crippen molar-refractivity contribution in [2.45, 2.75) is 13.5 Å². The fraction of sp³-hybridized carbons (Fsp3) is 0.0800. The van der Waals surface area contributed by atoms with Gasteiger partial charge in [-0.05, 0) is 36.8 Å². The minimum Gasteiger partial charge on any atom is -0.380 e. The van der Waals surface area contributed by atoms with E-state index in [-0.39, 0.29) is 11.4 Å². The van der Waals surface area contributed by atoms with E-state index in [1.807, 2.05) is 30.3 Å². The molecule has 4 rings (SSSR count). The fourth-order valence-corrected chi connectivity index (χ4v) is 3.71. The van der Waals surface area contributed by atoms with E-state index in [9.17, 15) is 19.7 Å². The van der Waals surface area contributed by atoms with Crippen molar-refractivity contribution < 1.29 is 9.72 Å². The van der Waals surface area contributed by atoms with Gasteiger partial charge in [0.1, 0.15) is 5.69 Å². The number of hydrogen-bond acceptors (Lipinski definition) is 6. The summed E-state index contributed by atoms with van der Waals surface area (Å²) >= 11 is 6.37. The molecule has 9 nitrogen and oxygen atoms in total. The average molecular weight is 490 g/mol. The molecule has 1 amide bonds. The normalized spacial score (nSPS) is 10.6. The van der Waals surface area contributed by atoms with Gasteiger partial charge in [-0.2, -0.15) is 5.10 Å². The number of rotatable bonds is 7. The summed E-state index contributed by atoms with van der Waals surface area (Å²) in [6.07, 6.45) is 0. The zero-order valence-corrected chi connectivity index (χ0v) is 19.3. The highest BCUT2D eigenvalue weighted by atomic mass is 35.5. The third-order valence-electron chi connectivity index (χ3n) is 5.18. The van der Waals surface area contributed by atoms with E-state index in [0.717, 1.165) is 5.56 Å². The minimum atomic E-state index is -0.761. The zero-order chi connectivity index (χ0) is 24.9. The monoisotopic (exact) mass is 489 g/mol. The summed E-state index contributed by atoms with van der Waals surface area (Å²) in [6, 6.07) is 21.9.